The van der Waals surface area contributed by atoms with Gasteiger partial charge in [0.2, 0.25) is 0 Å². The number of hydrogen-bond acceptors (Lipinski definition) is 2. The molecule has 2 aromatic rings. The molecule has 1 aromatic heterocycles. The van der Waals surface area contributed by atoms with Crippen molar-refractivity contribution in [3.8, 4) is 0 Å². The topological polar surface area (TPSA) is 26.0 Å². The molecule has 0 aliphatic heterocycles. The van der Waals surface area contributed by atoms with Crippen LogP contribution in [-0.4, -0.2) is 10.4 Å². The van der Waals surface area contributed by atoms with E-state index in [-0.39, 0.29) is 10.8 Å². The number of fused-ring (bicyclic) bond motifs is 1. The first-order valence-corrected chi connectivity index (χ1v) is 6.36. The van der Waals surface area contributed by atoms with Crippen molar-refractivity contribution in [1.29, 1.82) is 0 Å². The van der Waals surface area contributed by atoms with Crippen LogP contribution in [0.1, 0.15) is 33.1 Å². The highest BCUT2D eigenvalue weighted by atomic mass is 35.5. The number of benzene rings is 1. The molecule has 0 bridgehead atoms. The Kier molecular flexibility index (Phi) is 3.43. The van der Waals surface area contributed by atoms with Crippen molar-refractivity contribution in [2.24, 2.45) is 5.41 Å². The maximum atomic E-state index is 6.33. The normalized spacial score (nSPS) is 14.1. The number of halogens is 1. The highest BCUT2D eigenvalue weighted by Gasteiger charge is 2.19. The molecular formula is C14H18ClNO. The van der Waals surface area contributed by atoms with Gasteiger partial charge < -0.3 is 4.42 Å². The molecule has 17 heavy (non-hydrogen) atoms. The zero-order chi connectivity index (χ0) is 12.5. The van der Waals surface area contributed by atoms with Gasteiger partial charge in [-0.3, -0.25) is 0 Å². The second kappa shape index (κ2) is 4.69. The van der Waals surface area contributed by atoms with Gasteiger partial charge in [0.1, 0.15) is 5.52 Å². The Bertz CT molecular complexity index is 465. The smallest absolute Gasteiger partial charge is 0.196 e. The van der Waals surface area contributed by atoms with Crippen LogP contribution in [0.25, 0.3) is 11.1 Å². The molecule has 1 aromatic carbocycles. The molecule has 0 aliphatic rings. The Morgan fingerprint density at radius 3 is 2.65 bits per heavy atom. The van der Waals surface area contributed by atoms with E-state index in [1.54, 1.807) is 0 Å². The summed E-state index contributed by atoms with van der Waals surface area (Å²) in [5.41, 5.74) is 1.97. The summed E-state index contributed by atoms with van der Waals surface area (Å²) in [7, 11) is 0. The van der Waals surface area contributed by atoms with E-state index in [1.165, 1.54) is 0 Å². The van der Waals surface area contributed by atoms with Crippen LogP contribution in [0, 0.1) is 5.41 Å². The molecule has 0 radical (unpaired) electrons. The fourth-order valence-electron chi connectivity index (χ4n) is 1.93. The molecule has 0 fully saturated rings. The highest BCUT2D eigenvalue weighted by Crippen LogP contribution is 2.26. The number of nitrogens with zero attached hydrogens (tertiary/aromatic N) is 1. The number of rotatable bonds is 3. The van der Waals surface area contributed by atoms with Crippen LogP contribution < -0.4 is 0 Å². The first-order chi connectivity index (χ1) is 7.94. The molecule has 0 spiro atoms. The maximum absolute atomic E-state index is 6.33. The summed E-state index contributed by atoms with van der Waals surface area (Å²) in [4.78, 5) is 4.43. The average molecular weight is 252 g/mol. The Balaban J connectivity index is 2.08. The Morgan fingerprint density at radius 2 is 2.00 bits per heavy atom. The molecule has 0 amide bonds. The van der Waals surface area contributed by atoms with Gasteiger partial charge >= 0.3 is 0 Å². The van der Waals surface area contributed by atoms with Gasteiger partial charge in [0, 0.05) is 11.8 Å². The maximum Gasteiger partial charge on any atom is 0.196 e. The number of hydrogen-bond donors (Lipinski definition) is 0. The van der Waals surface area contributed by atoms with E-state index in [2.05, 4.69) is 25.8 Å². The summed E-state index contributed by atoms with van der Waals surface area (Å²) in [5.74, 6) is 0.732. The van der Waals surface area contributed by atoms with E-state index in [0.717, 1.165) is 23.4 Å². The zero-order valence-corrected chi connectivity index (χ0v) is 11.3. The SMILES string of the molecule is CC(C)(C)CC(Cl)Cc1nc2ccccc2o1. The predicted molar refractivity (Wildman–Crippen MR) is 71.4 cm³/mol. The molecule has 0 aliphatic carbocycles. The second-order valence-corrected chi connectivity index (χ2v) is 6.26. The van der Waals surface area contributed by atoms with Crippen molar-refractivity contribution < 1.29 is 4.42 Å². The first-order valence-electron chi connectivity index (χ1n) is 5.92. The number of oxazole rings is 1. The third-order valence-corrected chi connectivity index (χ3v) is 2.88. The van der Waals surface area contributed by atoms with Gasteiger partial charge in [-0.05, 0) is 24.0 Å². The highest BCUT2D eigenvalue weighted by molar-refractivity contribution is 6.20. The molecule has 2 nitrogen and oxygen atoms in total. The minimum atomic E-state index is 0.0723. The Labute approximate surface area is 107 Å². The van der Waals surface area contributed by atoms with Gasteiger partial charge in [0.05, 0.1) is 0 Å². The summed E-state index contributed by atoms with van der Waals surface area (Å²) in [6, 6.07) is 7.79. The monoisotopic (exact) mass is 251 g/mol. The van der Waals surface area contributed by atoms with Crippen LogP contribution >= 0.6 is 11.6 Å². The summed E-state index contributed by atoms with van der Waals surface area (Å²) >= 11 is 6.33. The molecule has 1 atom stereocenters. The van der Waals surface area contributed by atoms with E-state index >= 15 is 0 Å². The largest absolute Gasteiger partial charge is 0.441 e. The van der Waals surface area contributed by atoms with Crippen molar-refractivity contribution in [3.05, 3.63) is 30.2 Å². The fourth-order valence-corrected chi connectivity index (χ4v) is 2.53. The standard InChI is InChI=1S/C14H18ClNO/c1-14(2,3)9-10(15)8-13-16-11-6-4-5-7-12(11)17-13/h4-7,10H,8-9H2,1-3H3. The lowest BCUT2D eigenvalue weighted by Crippen LogP contribution is -2.15. The average Bonchev–Trinajstić information content (AvgIpc) is 2.55. The van der Waals surface area contributed by atoms with Gasteiger partial charge in [-0.25, -0.2) is 4.98 Å². The molecule has 1 heterocycles. The third-order valence-electron chi connectivity index (χ3n) is 2.57. The van der Waals surface area contributed by atoms with Crippen LogP contribution in [0.4, 0.5) is 0 Å². The fraction of sp³-hybridized carbons (Fsp3) is 0.500. The lowest BCUT2D eigenvalue weighted by molar-refractivity contribution is 0.361. The van der Waals surface area contributed by atoms with Gasteiger partial charge in [-0.1, -0.05) is 32.9 Å². The molecule has 0 saturated carbocycles. The van der Waals surface area contributed by atoms with Crippen molar-refractivity contribution in [1.82, 2.24) is 4.98 Å². The predicted octanol–water partition coefficient (Wildman–Crippen LogP) is 4.41. The molecule has 3 heteroatoms. The third kappa shape index (κ3) is 3.47. The van der Waals surface area contributed by atoms with Crippen molar-refractivity contribution >= 4 is 22.7 Å². The molecule has 92 valence electrons. The molecule has 2 rings (SSSR count). The van der Waals surface area contributed by atoms with Crippen LogP contribution in [0.5, 0.6) is 0 Å². The Hall–Kier alpha value is -1.02. The molecule has 0 saturated heterocycles. The lowest BCUT2D eigenvalue weighted by atomic mass is 9.89. The van der Waals surface area contributed by atoms with E-state index in [1.807, 2.05) is 24.3 Å². The Morgan fingerprint density at radius 1 is 1.29 bits per heavy atom. The number of alkyl halides is 1. The second-order valence-electron chi connectivity index (χ2n) is 5.64. The minimum absolute atomic E-state index is 0.0723. The van der Waals surface area contributed by atoms with E-state index < -0.39 is 0 Å². The van der Waals surface area contributed by atoms with Crippen molar-refractivity contribution in [3.63, 3.8) is 0 Å². The van der Waals surface area contributed by atoms with Gasteiger partial charge in [0.25, 0.3) is 0 Å². The number of aromatic nitrogens is 1. The summed E-state index contributed by atoms with van der Waals surface area (Å²) < 4.78 is 5.66. The number of para-hydroxylation sites is 2. The van der Waals surface area contributed by atoms with E-state index in [4.69, 9.17) is 16.0 Å². The van der Waals surface area contributed by atoms with Gasteiger partial charge in [-0.2, -0.15) is 0 Å². The summed E-state index contributed by atoms with van der Waals surface area (Å²) in [6.07, 6.45) is 1.64. The van der Waals surface area contributed by atoms with Crippen molar-refractivity contribution in [2.75, 3.05) is 0 Å². The van der Waals surface area contributed by atoms with E-state index in [9.17, 15) is 0 Å². The summed E-state index contributed by atoms with van der Waals surface area (Å²) in [6.45, 7) is 6.57. The van der Waals surface area contributed by atoms with Crippen LogP contribution in [0.2, 0.25) is 0 Å². The first kappa shape index (κ1) is 12.4. The zero-order valence-electron chi connectivity index (χ0n) is 10.5. The molecule has 1 unspecified atom stereocenters. The minimum Gasteiger partial charge on any atom is -0.441 e. The van der Waals surface area contributed by atoms with E-state index in [0.29, 0.717) is 6.42 Å². The molecule has 0 N–H and O–H groups in total. The molecular weight excluding hydrogens is 234 g/mol. The summed E-state index contributed by atoms with van der Waals surface area (Å²) in [5, 5.41) is 0.0723. The quantitative estimate of drug-likeness (QED) is 0.755. The van der Waals surface area contributed by atoms with Gasteiger partial charge in [0.15, 0.2) is 11.5 Å². The van der Waals surface area contributed by atoms with Crippen LogP contribution in [0.15, 0.2) is 28.7 Å². The van der Waals surface area contributed by atoms with Crippen LogP contribution in [-0.2, 0) is 6.42 Å². The van der Waals surface area contributed by atoms with Gasteiger partial charge in [-0.15, -0.1) is 11.6 Å². The lowest BCUT2D eigenvalue weighted by Gasteiger charge is -2.20. The van der Waals surface area contributed by atoms with Crippen LogP contribution in [0.3, 0.4) is 0 Å². The van der Waals surface area contributed by atoms with Crippen molar-refractivity contribution in [2.45, 2.75) is 39.0 Å².